The van der Waals surface area contributed by atoms with Gasteiger partial charge in [0.25, 0.3) is 0 Å². The summed E-state index contributed by atoms with van der Waals surface area (Å²) in [6.07, 6.45) is -4.58. The molecule has 0 aliphatic carbocycles. The Bertz CT molecular complexity index is 1040. The quantitative estimate of drug-likeness (QED) is 0.585. The molecular weight excluding hydrogens is 463 g/mol. The molecule has 2 aliphatic heterocycles. The lowest BCUT2D eigenvalue weighted by Crippen LogP contribution is -2.61. The van der Waals surface area contributed by atoms with E-state index >= 15 is 0 Å². The van der Waals surface area contributed by atoms with Gasteiger partial charge in [-0.1, -0.05) is 5.16 Å². The molecule has 2 aliphatic rings. The summed E-state index contributed by atoms with van der Waals surface area (Å²) in [6.45, 7) is -1.52. The molecule has 14 heteroatoms. The fraction of sp³-hybridized carbons (Fsp3) is 0.556. The molecule has 1 spiro atoms. The van der Waals surface area contributed by atoms with E-state index in [1.165, 1.54) is 28.6 Å². The molecule has 1 aromatic heterocycles. The summed E-state index contributed by atoms with van der Waals surface area (Å²) in [5.74, 6) is -0.565. The second-order valence-electron chi connectivity index (χ2n) is 7.90. The van der Waals surface area contributed by atoms with Crippen molar-refractivity contribution in [3.63, 3.8) is 0 Å². The molecule has 32 heavy (non-hydrogen) atoms. The molecule has 0 amide bonds. The summed E-state index contributed by atoms with van der Waals surface area (Å²) in [4.78, 5) is 5.44. The monoisotopic (exact) mass is 482 g/mol. The van der Waals surface area contributed by atoms with E-state index in [4.69, 9.17) is 4.52 Å². The second kappa shape index (κ2) is 8.14. The molecule has 0 atom stereocenters. The van der Waals surface area contributed by atoms with Crippen LogP contribution in [0.25, 0.3) is 0 Å². The summed E-state index contributed by atoms with van der Waals surface area (Å²) in [7, 11) is -3.79. The Morgan fingerprint density at radius 1 is 1.12 bits per heavy atom. The minimum Gasteiger partial charge on any atom is -0.435 e. The van der Waals surface area contributed by atoms with Gasteiger partial charge in [-0.3, -0.25) is 0 Å². The summed E-state index contributed by atoms with van der Waals surface area (Å²) >= 11 is 0. The molecular formula is C18H19F5N4O4S. The lowest BCUT2D eigenvalue weighted by molar-refractivity contribution is -0.128. The first kappa shape index (κ1) is 22.7. The summed E-state index contributed by atoms with van der Waals surface area (Å²) in [5.41, 5.74) is -0.181. The highest BCUT2D eigenvalue weighted by Crippen LogP contribution is 2.43. The Balaban J connectivity index is 1.33. The highest BCUT2D eigenvalue weighted by molar-refractivity contribution is 7.89. The fourth-order valence-electron chi connectivity index (χ4n) is 3.98. The van der Waals surface area contributed by atoms with E-state index in [-0.39, 0.29) is 35.2 Å². The van der Waals surface area contributed by atoms with Crippen molar-refractivity contribution in [1.29, 1.82) is 0 Å². The minimum absolute atomic E-state index is 0.0200. The molecule has 1 aromatic carbocycles. The van der Waals surface area contributed by atoms with Crippen molar-refractivity contribution in [2.24, 2.45) is 5.41 Å². The van der Waals surface area contributed by atoms with Gasteiger partial charge in [-0.05, 0) is 37.1 Å². The van der Waals surface area contributed by atoms with Gasteiger partial charge in [-0.25, -0.2) is 8.42 Å². The van der Waals surface area contributed by atoms with Crippen LogP contribution < -0.4 is 9.64 Å². The fourth-order valence-corrected chi connectivity index (χ4v) is 5.42. The molecule has 2 aromatic rings. The topological polar surface area (TPSA) is 88.8 Å². The number of rotatable bonds is 6. The molecule has 2 saturated heterocycles. The van der Waals surface area contributed by atoms with Crippen LogP contribution in [0.5, 0.6) is 5.75 Å². The van der Waals surface area contributed by atoms with Crippen LogP contribution in [0.1, 0.15) is 18.7 Å². The molecule has 0 bridgehead atoms. The van der Waals surface area contributed by atoms with Crippen LogP contribution in [0.2, 0.25) is 0 Å². The molecule has 0 saturated carbocycles. The third-order valence-electron chi connectivity index (χ3n) is 5.61. The standard InChI is InChI=1S/C18H19F5N4O4S/c19-15(20)30-12-1-3-13(4-2-12)32(28,29)27-7-5-17(6-8-27)10-26(11-17)16-24-14(25-31-16)9-18(21,22)23/h1-4,15H,5-11H2. The van der Waals surface area contributed by atoms with E-state index in [0.717, 1.165) is 0 Å². The number of anilines is 1. The first-order chi connectivity index (χ1) is 15.0. The van der Waals surface area contributed by atoms with Crippen molar-refractivity contribution in [2.45, 2.75) is 36.9 Å². The maximum atomic E-state index is 12.8. The van der Waals surface area contributed by atoms with E-state index in [0.29, 0.717) is 25.9 Å². The smallest absolute Gasteiger partial charge is 0.396 e. The van der Waals surface area contributed by atoms with Crippen LogP contribution in [0, 0.1) is 5.41 Å². The SMILES string of the molecule is O=S(=O)(c1ccc(OC(F)F)cc1)N1CCC2(CC1)CN(c1nc(CC(F)(F)F)no1)C2. The lowest BCUT2D eigenvalue weighted by atomic mass is 9.72. The zero-order valence-corrected chi connectivity index (χ0v) is 17.4. The molecule has 0 unspecified atom stereocenters. The number of ether oxygens (including phenoxy) is 1. The third kappa shape index (κ3) is 4.80. The number of alkyl halides is 5. The van der Waals surface area contributed by atoms with Gasteiger partial charge in [-0.15, -0.1) is 0 Å². The first-order valence-corrected chi connectivity index (χ1v) is 11.1. The molecule has 4 rings (SSSR count). The van der Waals surface area contributed by atoms with Gasteiger partial charge >= 0.3 is 18.8 Å². The van der Waals surface area contributed by atoms with E-state index in [2.05, 4.69) is 14.9 Å². The molecule has 8 nitrogen and oxygen atoms in total. The van der Waals surface area contributed by atoms with Crippen LogP contribution in [0.3, 0.4) is 0 Å². The third-order valence-corrected chi connectivity index (χ3v) is 7.52. The zero-order valence-electron chi connectivity index (χ0n) is 16.6. The van der Waals surface area contributed by atoms with Crippen molar-refractivity contribution < 1.29 is 39.6 Å². The minimum atomic E-state index is -4.42. The predicted octanol–water partition coefficient (Wildman–Crippen LogP) is 3.07. The average molecular weight is 482 g/mol. The van der Waals surface area contributed by atoms with Crippen molar-refractivity contribution >= 4 is 16.0 Å². The zero-order chi connectivity index (χ0) is 23.1. The Hall–Kier alpha value is -2.48. The number of sulfonamides is 1. The van der Waals surface area contributed by atoms with Crippen molar-refractivity contribution in [1.82, 2.24) is 14.4 Å². The maximum Gasteiger partial charge on any atom is 0.396 e. The van der Waals surface area contributed by atoms with Gasteiger partial charge < -0.3 is 14.2 Å². The number of hydrogen-bond donors (Lipinski definition) is 0. The van der Waals surface area contributed by atoms with Gasteiger partial charge in [0.2, 0.25) is 10.0 Å². The Kier molecular flexibility index (Phi) is 5.77. The normalized spacial score (nSPS) is 19.4. The molecule has 3 heterocycles. The van der Waals surface area contributed by atoms with Crippen LogP contribution in [0.4, 0.5) is 28.0 Å². The van der Waals surface area contributed by atoms with Gasteiger partial charge in [0.15, 0.2) is 5.82 Å². The van der Waals surface area contributed by atoms with Crippen molar-refractivity contribution in [3.8, 4) is 5.75 Å². The van der Waals surface area contributed by atoms with Gasteiger partial charge in [0, 0.05) is 31.6 Å². The number of nitrogens with zero attached hydrogens (tertiary/aromatic N) is 4. The number of aromatic nitrogens is 2. The van der Waals surface area contributed by atoms with Crippen LogP contribution >= 0.6 is 0 Å². The number of benzene rings is 1. The lowest BCUT2D eigenvalue weighted by Gasteiger charge is -2.52. The first-order valence-electron chi connectivity index (χ1n) is 9.65. The summed E-state index contributed by atoms with van der Waals surface area (Å²) < 4.78 is 98.0. The maximum absolute atomic E-state index is 12.8. The van der Waals surface area contributed by atoms with E-state index < -0.39 is 35.1 Å². The van der Waals surface area contributed by atoms with Gasteiger partial charge in [0.1, 0.15) is 12.2 Å². The molecule has 0 N–H and O–H groups in total. The van der Waals surface area contributed by atoms with Crippen LogP contribution in [-0.2, 0) is 16.4 Å². The van der Waals surface area contributed by atoms with E-state index in [1.807, 2.05) is 0 Å². The number of hydrogen-bond acceptors (Lipinski definition) is 7. The van der Waals surface area contributed by atoms with Crippen LogP contribution in [-0.4, -0.2) is 61.8 Å². The summed E-state index contributed by atoms with van der Waals surface area (Å²) in [6, 6.07) is 4.81. The van der Waals surface area contributed by atoms with E-state index in [1.54, 1.807) is 4.90 Å². The highest BCUT2D eigenvalue weighted by atomic mass is 32.2. The predicted molar refractivity (Wildman–Crippen MR) is 99.8 cm³/mol. The van der Waals surface area contributed by atoms with Gasteiger partial charge in [-0.2, -0.15) is 31.2 Å². The Morgan fingerprint density at radius 2 is 1.75 bits per heavy atom. The molecule has 0 radical (unpaired) electrons. The summed E-state index contributed by atoms with van der Waals surface area (Å²) in [5, 5.41) is 3.35. The molecule has 2 fully saturated rings. The van der Waals surface area contributed by atoms with Crippen LogP contribution in [0.15, 0.2) is 33.7 Å². The number of halogens is 5. The largest absolute Gasteiger partial charge is 0.435 e. The van der Waals surface area contributed by atoms with Crippen molar-refractivity contribution in [2.75, 3.05) is 31.1 Å². The van der Waals surface area contributed by atoms with E-state index in [9.17, 15) is 30.4 Å². The molecule has 176 valence electrons. The average Bonchev–Trinajstić information content (AvgIpc) is 3.12. The van der Waals surface area contributed by atoms with Gasteiger partial charge in [0.05, 0.1) is 4.90 Å². The highest BCUT2D eigenvalue weighted by Gasteiger charge is 2.48. The Labute approximate surface area is 180 Å². The Morgan fingerprint density at radius 3 is 2.31 bits per heavy atom. The second-order valence-corrected chi connectivity index (χ2v) is 9.83. The number of piperidine rings is 1. The van der Waals surface area contributed by atoms with Crippen molar-refractivity contribution in [3.05, 3.63) is 30.1 Å².